The molecule has 0 aliphatic carbocycles. The molecule has 0 N–H and O–H groups in total. The summed E-state index contributed by atoms with van der Waals surface area (Å²) in [6.45, 7) is 0. The molecule has 51 heavy (non-hydrogen) atoms. The van der Waals surface area contributed by atoms with Crippen LogP contribution in [0.4, 0.5) is 0 Å². The molecule has 0 amide bonds. The standard InChI is InChI=1S/C48H34N2Si/c1-5-19-35(20-6-1)49-42-29-15-13-27-39(42)40-33-34-45-47(48(40)49)41-28-14-16-30-43(41)50(45)44-31-17-18-32-46(44)51(36-21-7-2-8-22-36,37-23-9-3-10-24-37)38-25-11-4-12-26-38/h1-34H/i1D,5D,6D,19D,20D. The zero-order valence-corrected chi connectivity index (χ0v) is 28.6. The maximum absolute atomic E-state index is 9.12. The van der Waals surface area contributed by atoms with Gasteiger partial charge in [-0.3, -0.25) is 0 Å². The average Bonchev–Trinajstić information content (AvgIpc) is 3.77. The van der Waals surface area contributed by atoms with Gasteiger partial charge in [0.05, 0.1) is 28.9 Å². The van der Waals surface area contributed by atoms with E-state index < -0.39 is 14.1 Å². The second-order valence-electron chi connectivity index (χ2n) is 12.9. The Morgan fingerprint density at radius 1 is 0.392 bits per heavy atom. The van der Waals surface area contributed by atoms with Crippen molar-refractivity contribution in [1.29, 1.82) is 0 Å². The van der Waals surface area contributed by atoms with Crippen LogP contribution in [0.25, 0.3) is 55.0 Å². The van der Waals surface area contributed by atoms with E-state index in [0.29, 0.717) is 0 Å². The van der Waals surface area contributed by atoms with Crippen LogP contribution in [0.3, 0.4) is 0 Å². The van der Waals surface area contributed by atoms with Crippen molar-refractivity contribution < 1.29 is 6.85 Å². The lowest BCUT2D eigenvalue weighted by Crippen LogP contribution is -2.75. The Bertz CT molecular complexity index is 3010. The number of aromatic nitrogens is 2. The van der Waals surface area contributed by atoms with Gasteiger partial charge in [0.1, 0.15) is 0 Å². The van der Waals surface area contributed by atoms with Crippen molar-refractivity contribution in [2.45, 2.75) is 0 Å². The summed E-state index contributed by atoms with van der Waals surface area (Å²) in [5.41, 5.74) is 4.74. The quantitative estimate of drug-likeness (QED) is 0.123. The highest BCUT2D eigenvalue weighted by Crippen LogP contribution is 2.41. The van der Waals surface area contributed by atoms with Crippen LogP contribution >= 0.6 is 0 Å². The van der Waals surface area contributed by atoms with E-state index in [1.54, 1.807) is 0 Å². The van der Waals surface area contributed by atoms with Gasteiger partial charge in [0, 0.05) is 32.9 Å². The van der Waals surface area contributed by atoms with E-state index in [2.05, 4.69) is 150 Å². The lowest BCUT2D eigenvalue weighted by Gasteiger charge is -2.36. The fourth-order valence-electron chi connectivity index (χ4n) is 8.37. The van der Waals surface area contributed by atoms with Crippen LogP contribution in [-0.2, 0) is 0 Å². The maximum Gasteiger partial charge on any atom is 0.181 e. The summed E-state index contributed by atoms with van der Waals surface area (Å²) in [5, 5.41) is 8.89. The minimum absolute atomic E-state index is 0.135. The molecule has 0 unspecified atom stereocenters. The highest BCUT2D eigenvalue weighted by atomic mass is 28.3. The van der Waals surface area contributed by atoms with Crippen LogP contribution in [0.2, 0.25) is 0 Å². The first kappa shape index (κ1) is 24.7. The third-order valence-corrected chi connectivity index (χ3v) is 15.2. The molecule has 8 aromatic carbocycles. The van der Waals surface area contributed by atoms with Gasteiger partial charge in [-0.2, -0.15) is 0 Å². The molecule has 0 aliphatic rings. The minimum atomic E-state index is -2.99. The summed E-state index contributed by atoms with van der Waals surface area (Å²) >= 11 is 0. The smallest absolute Gasteiger partial charge is 0.181 e. The summed E-state index contributed by atoms with van der Waals surface area (Å²) < 4.78 is 48.2. The first-order valence-electron chi connectivity index (χ1n) is 19.7. The predicted octanol–water partition coefficient (Wildman–Crippen LogP) is 9.26. The Hall–Kier alpha value is -6.42. The molecule has 0 aliphatic heterocycles. The molecule has 10 rings (SSSR count). The minimum Gasteiger partial charge on any atom is -0.309 e. The number of fused-ring (bicyclic) bond motifs is 7. The topological polar surface area (TPSA) is 9.86 Å². The number of hydrogen-bond donors (Lipinski definition) is 0. The van der Waals surface area contributed by atoms with E-state index in [9.17, 15) is 0 Å². The van der Waals surface area contributed by atoms with Crippen LogP contribution < -0.4 is 20.7 Å². The van der Waals surface area contributed by atoms with Crippen LogP contribution in [0.15, 0.2) is 206 Å². The zero-order chi connectivity index (χ0) is 38.1. The highest BCUT2D eigenvalue weighted by Gasteiger charge is 2.43. The van der Waals surface area contributed by atoms with Gasteiger partial charge in [0.2, 0.25) is 0 Å². The van der Waals surface area contributed by atoms with Gasteiger partial charge >= 0.3 is 0 Å². The van der Waals surface area contributed by atoms with Gasteiger partial charge in [-0.1, -0.05) is 170 Å². The number of hydrogen-bond acceptors (Lipinski definition) is 0. The summed E-state index contributed by atoms with van der Waals surface area (Å²) in [5.74, 6) is 0. The van der Waals surface area contributed by atoms with Gasteiger partial charge in [0.25, 0.3) is 0 Å². The van der Waals surface area contributed by atoms with Crippen molar-refractivity contribution in [3.05, 3.63) is 206 Å². The van der Waals surface area contributed by atoms with Gasteiger partial charge in [-0.25, -0.2) is 0 Å². The Morgan fingerprint density at radius 3 is 1.53 bits per heavy atom. The Labute approximate surface area is 305 Å². The highest BCUT2D eigenvalue weighted by molar-refractivity contribution is 7.20. The molecule has 2 nitrogen and oxygen atoms in total. The molecular weight excluding hydrogens is 633 g/mol. The van der Waals surface area contributed by atoms with E-state index in [1.165, 1.54) is 20.7 Å². The Morgan fingerprint density at radius 2 is 0.902 bits per heavy atom. The summed E-state index contributed by atoms with van der Waals surface area (Å²) in [6, 6.07) is 60.6. The maximum atomic E-state index is 9.12. The second-order valence-corrected chi connectivity index (χ2v) is 16.7. The molecule has 0 bridgehead atoms. The molecule has 2 aromatic heterocycles. The molecule has 0 saturated carbocycles. The monoisotopic (exact) mass is 671 g/mol. The van der Waals surface area contributed by atoms with Gasteiger partial charge in [-0.05, 0) is 57.1 Å². The van der Waals surface area contributed by atoms with Crippen molar-refractivity contribution in [2.24, 2.45) is 0 Å². The lowest BCUT2D eigenvalue weighted by atomic mass is 10.1. The molecule has 3 heteroatoms. The lowest BCUT2D eigenvalue weighted by molar-refractivity contribution is 1.18. The largest absolute Gasteiger partial charge is 0.309 e. The average molecular weight is 672 g/mol. The van der Waals surface area contributed by atoms with Gasteiger partial charge < -0.3 is 9.13 Å². The molecule has 0 spiro atoms. The summed E-state index contributed by atoms with van der Waals surface area (Å²) in [4.78, 5) is 0. The number of benzene rings is 8. The normalized spacial score (nSPS) is 13.3. The van der Waals surface area contributed by atoms with E-state index in [-0.39, 0.29) is 29.9 Å². The summed E-state index contributed by atoms with van der Waals surface area (Å²) in [7, 11) is -2.99. The van der Waals surface area contributed by atoms with Crippen molar-refractivity contribution in [3.8, 4) is 11.4 Å². The Balaban J connectivity index is 1.40. The molecule has 0 saturated heterocycles. The first-order valence-corrected chi connectivity index (χ1v) is 19.2. The van der Waals surface area contributed by atoms with E-state index in [0.717, 1.165) is 49.3 Å². The molecule has 0 atom stereocenters. The fraction of sp³-hybridized carbons (Fsp3) is 0. The van der Waals surface area contributed by atoms with E-state index in [4.69, 9.17) is 6.85 Å². The molecule has 240 valence electrons. The van der Waals surface area contributed by atoms with Crippen molar-refractivity contribution in [2.75, 3.05) is 0 Å². The zero-order valence-electron chi connectivity index (χ0n) is 32.6. The van der Waals surface area contributed by atoms with E-state index in [1.807, 2.05) is 34.9 Å². The molecule has 2 heterocycles. The second kappa shape index (κ2) is 11.9. The first-order chi connectivity index (χ1) is 27.4. The van der Waals surface area contributed by atoms with Crippen molar-refractivity contribution in [3.63, 3.8) is 0 Å². The number of nitrogens with zero attached hydrogens (tertiary/aromatic N) is 2. The molecule has 0 radical (unpaired) electrons. The van der Waals surface area contributed by atoms with Crippen molar-refractivity contribution in [1.82, 2.24) is 9.13 Å². The summed E-state index contributed by atoms with van der Waals surface area (Å²) in [6.07, 6.45) is 0. The van der Waals surface area contributed by atoms with Crippen LogP contribution in [0, 0.1) is 0 Å². The van der Waals surface area contributed by atoms with Crippen LogP contribution in [0.1, 0.15) is 6.85 Å². The number of para-hydroxylation sites is 4. The fourth-order valence-corrected chi connectivity index (χ4v) is 13.3. The van der Waals surface area contributed by atoms with Crippen LogP contribution in [-0.4, -0.2) is 17.2 Å². The third kappa shape index (κ3) is 4.35. The third-order valence-electron chi connectivity index (χ3n) is 10.3. The van der Waals surface area contributed by atoms with E-state index >= 15 is 0 Å². The van der Waals surface area contributed by atoms with Crippen molar-refractivity contribution >= 4 is 72.4 Å². The SMILES string of the molecule is [2H]c1c([2H])c([2H])c(-n2c3ccccc3c3ccc4c(c5ccccc5n4-c4ccccc4[Si](c4ccccc4)(c4ccccc4)c4ccccc4)c32)c([2H])c1[2H]. The predicted molar refractivity (Wildman–Crippen MR) is 219 cm³/mol. The Kier molecular flexibility index (Phi) is 5.74. The van der Waals surface area contributed by atoms with Gasteiger partial charge in [0.15, 0.2) is 8.07 Å². The molecule has 0 fully saturated rings. The van der Waals surface area contributed by atoms with Crippen LogP contribution in [0.5, 0.6) is 0 Å². The number of rotatable bonds is 6. The molecule has 10 aromatic rings. The van der Waals surface area contributed by atoms with Gasteiger partial charge in [-0.15, -0.1) is 0 Å². The molecular formula is C48H34N2Si.